The Morgan fingerprint density at radius 1 is 1.61 bits per heavy atom. The van der Waals surface area contributed by atoms with E-state index in [2.05, 4.69) is 22.2 Å². The molecule has 0 spiro atoms. The molecule has 3 rings (SSSR count). The Hall–Kier alpha value is -0.200. The summed E-state index contributed by atoms with van der Waals surface area (Å²) in [5.41, 5.74) is 0. The van der Waals surface area contributed by atoms with Gasteiger partial charge in [-0.1, -0.05) is 11.6 Å². The molecule has 1 aliphatic heterocycles. The number of thiazole rings is 1. The zero-order chi connectivity index (χ0) is 12.5. The third kappa shape index (κ3) is 2.86. The standard InChI is InChI=1S/C12H18ClN3OS/c1-16-4-5-17-9(6-14-8-2-3-8)11(16)12-15-7-10(13)18-12/h7-9,11,14H,2-6H2,1H3. The Labute approximate surface area is 116 Å². The van der Waals surface area contributed by atoms with Gasteiger partial charge in [0.2, 0.25) is 0 Å². The zero-order valence-corrected chi connectivity index (χ0v) is 12.0. The zero-order valence-electron chi connectivity index (χ0n) is 10.4. The Balaban J connectivity index is 1.71. The monoisotopic (exact) mass is 287 g/mol. The number of hydrogen-bond acceptors (Lipinski definition) is 5. The first kappa shape index (κ1) is 12.8. The van der Waals surface area contributed by atoms with Crippen molar-refractivity contribution in [3.8, 4) is 0 Å². The molecular formula is C12H18ClN3OS. The lowest BCUT2D eigenvalue weighted by molar-refractivity contribution is -0.0615. The van der Waals surface area contributed by atoms with Gasteiger partial charge < -0.3 is 10.1 Å². The van der Waals surface area contributed by atoms with Gasteiger partial charge in [0.15, 0.2) is 0 Å². The molecule has 6 heteroatoms. The van der Waals surface area contributed by atoms with Crippen molar-refractivity contribution in [2.75, 3.05) is 26.7 Å². The van der Waals surface area contributed by atoms with Crippen LogP contribution in [0.5, 0.6) is 0 Å². The van der Waals surface area contributed by atoms with Crippen LogP contribution in [0.1, 0.15) is 23.9 Å². The van der Waals surface area contributed by atoms with Gasteiger partial charge in [0.1, 0.15) is 9.34 Å². The van der Waals surface area contributed by atoms with Crippen LogP contribution in [0.25, 0.3) is 0 Å². The summed E-state index contributed by atoms with van der Waals surface area (Å²) in [5, 5.41) is 4.61. The van der Waals surface area contributed by atoms with Crippen molar-refractivity contribution in [1.29, 1.82) is 0 Å². The SMILES string of the molecule is CN1CCOC(CNC2CC2)C1c1ncc(Cl)s1. The smallest absolute Gasteiger partial charge is 0.114 e. The minimum absolute atomic E-state index is 0.173. The Morgan fingerprint density at radius 2 is 2.44 bits per heavy atom. The van der Waals surface area contributed by atoms with E-state index in [1.54, 1.807) is 17.5 Å². The minimum Gasteiger partial charge on any atom is -0.373 e. The summed E-state index contributed by atoms with van der Waals surface area (Å²) < 4.78 is 6.67. The lowest BCUT2D eigenvalue weighted by Crippen LogP contribution is -2.47. The fourth-order valence-corrected chi connectivity index (χ4v) is 3.50. The first-order valence-electron chi connectivity index (χ1n) is 6.40. The van der Waals surface area contributed by atoms with Gasteiger partial charge in [-0.25, -0.2) is 4.98 Å². The van der Waals surface area contributed by atoms with Gasteiger partial charge in [-0.2, -0.15) is 0 Å². The van der Waals surface area contributed by atoms with Crippen LogP contribution in [0, 0.1) is 0 Å². The molecule has 2 atom stereocenters. The summed E-state index contributed by atoms with van der Waals surface area (Å²) >= 11 is 7.55. The maximum atomic E-state index is 5.99. The summed E-state index contributed by atoms with van der Waals surface area (Å²) in [4.78, 5) is 6.74. The van der Waals surface area contributed by atoms with Crippen molar-refractivity contribution in [2.24, 2.45) is 0 Å². The highest BCUT2D eigenvalue weighted by Crippen LogP contribution is 2.33. The molecule has 2 heterocycles. The molecule has 2 unspecified atom stereocenters. The van der Waals surface area contributed by atoms with Crippen LogP contribution in [0.15, 0.2) is 6.20 Å². The van der Waals surface area contributed by atoms with Crippen molar-refractivity contribution in [3.63, 3.8) is 0 Å². The predicted octanol–water partition coefficient (Wildman–Crippen LogP) is 1.92. The number of likely N-dealkylation sites (N-methyl/N-ethyl adjacent to an activating group) is 1. The van der Waals surface area contributed by atoms with Crippen molar-refractivity contribution in [1.82, 2.24) is 15.2 Å². The number of ether oxygens (including phenoxy) is 1. The summed E-state index contributed by atoms with van der Waals surface area (Å²) in [7, 11) is 2.13. The van der Waals surface area contributed by atoms with E-state index in [0.717, 1.165) is 29.0 Å². The van der Waals surface area contributed by atoms with E-state index < -0.39 is 0 Å². The topological polar surface area (TPSA) is 37.4 Å². The molecule has 1 aromatic heterocycles. The first-order valence-corrected chi connectivity index (χ1v) is 7.60. The van der Waals surface area contributed by atoms with E-state index in [4.69, 9.17) is 16.3 Å². The van der Waals surface area contributed by atoms with Crippen LogP contribution in [0.4, 0.5) is 0 Å². The lowest BCUT2D eigenvalue weighted by atomic mass is 10.1. The number of nitrogens with one attached hydrogen (secondary N) is 1. The maximum absolute atomic E-state index is 5.99. The molecule has 4 nitrogen and oxygen atoms in total. The summed E-state index contributed by atoms with van der Waals surface area (Å²) in [6.45, 7) is 2.64. The highest BCUT2D eigenvalue weighted by Gasteiger charge is 2.34. The predicted molar refractivity (Wildman–Crippen MR) is 73.3 cm³/mol. The first-order chi connectivity index (χ1) is 8.74. The van der Waals surface area contributed by atoms with Crippen molar-refractivity contribution in [3.05, 3.63) is 15.5 Å². The van der Waals surface area contributed by atoms with Gasteiger partial charge in [0, 0.05) is 19.1 Å². The number of hydrogen-bond donors (Lipinski definition) is 1. The van der Waals surface area contributed by atoms with Crippen LogP contribution in [0.2, 0.25) is 4.34 Å². The number of rotatable bonds is 4. The largest absolute Gasteiger partial charge is 0.373 e. The number of halogens is 1. The Bertz CT molecular complexity index is 410. The van der Waals surface area contributed by atoms with Crippen LogP contribution >= 0.6 is 22.9 Å². The highest BCUT2D eigenvalue weighted by atomic mass is 35.5. The van der Waals surface area contributed by atoms with Gasteiger partial charge >= 0.3 is 0 Å². The quantitative estimate of drug-likeness (QED) is 0.918. The molecule has 0 aromatic carbocycles. The average Bonchev–Trinajstić information content (AvgIpc) is 3.09. The molecule has 1 aromatic rings. The van der Waals surface area contributed by atoms with E-state index in [1.807, 2.05) is 0 Å². The van der Waals surface area contributed by atoms with E-state index in [0.29, 0.717) is 6.04 Å². The van der Waals surface area contributed by atoms with Crippen molar-refractivity contribution < 1.29 is 4.74 Å². The normalized spacial score (nSPS) is 29.7. The average molecular weight is 288 g/mol. The second-order valence-corrected chi connectivity index (χ2v) is 6.71. The Morgan fingerprint density at radius 3 is 3.11 bits per heavy atom. The van der Waals surface area contributed by atoms with E-state index in [1.165, 1.54) is 12.8 Å². The minimum atomic E-state index is 0.173. The summed E-state index contributed by atoms with van der Waals surface area (Å²) in [6.07, 6.45) is 4.51. The summed E-state index contributed by atoms with van der Waals surface area (Å²) in [6, 6.07) is 0.934. The number of aromatic nitrogens is 1. The summed E-state index contributed by atoms with van der Waals surface area (Å²) in [5.74, 6) is 0. The maximum Gasteiger partial charge on any atom is 0.114 e. The fourth-order valence-electron chi connectivity index (χ4n) is 2.35. The molecule has 1 aliphatic carbocycles. The van der Waals surface area contributed by atoms with Crippen LogP contribution in [0.3, 0.4) is 0 Å². The van der Waals surface area contributed by atoms with Crippen molar-refractivity contribution in [2.45, 2.75) is 31.0 Å². The molecule has 0 amide bonds. The molecule has 100 valence electrons. The molecule has 1 saturated heterocycles. The van der Waals surface area contributed by atoms with Gasteiger partial charge in [-0.05, 0) is 19.9 Å². The molecule has 0 radical (unpaired) electrons. The van der Waals surface area contributed by atoms with Crippen LogP contribution in [-0.2, 0) is 4.74 Å². The number of morpholine rings is 1. The van der Waals surface area contributed by atoms with Crippen LogP contribution in [-0.4, -0.2) is 48.8 Å². The molecule has 1 saturated carbocycles. The van der Waals surface area contributed by atoms with Gasteiger partial charge in [-0.3, -0.25) is 4.90 Å². The molecule has 2 aliphatic rings. The lowest BCUT2D eigenvalue weighted by Gasteiger charge is -2.38. The Kier molecular flexibility index (Phi) is 3.86. The molecular weight excluding hydrogens is 270 g/mol. The van der Waals surface area contributed by atoms with Crippen LogP contribution < -0.4 is 5.32 Å². The third-order valence-electron chi connectivity index (χ3n) is 3.54. The molecule has 0 bridgehead atoms. The van der Waals surface area contributed by atoms with Gasteiger partial charge in [0.25, 0.3) is 0 Å². The van der Waals surface area contributed by atoms with E-state index >= 15 is 0 Å². The third-order valence-corrected chi connectivity index (χ3v) is 4.72. The van der Waals surface area contributed by atoms with Gasteiger partial charge in [0.05, 0.1) is 24.9 Å². The second-order valence-electron chi connectivity index (χ2n) is 5.02. The molecule has 18 heavy (non-hydrogen) atoms. The molecule has 2 fully saturated rings. The fraction of sp³-hybridized carbons (Fsp3) is 0.750. The van der Waals surface area contributed by atoms with E-state index in [-0.39, 0.29) is 12.1 Å². The highest BCUT2D eigenvalue weighted by molar-refractivity contribution is 7.15. The van der Waals surface area contributed by atoms with Gasteiger partial charge in [-0.15, -0.1) is 11.3 Å². The number of nitrogens with zero attached hydrogens (tertiary/aromatic N) is 2. The molecule has 1 N–H and O–H groups in total. The van der Waals surface area contributed by atoms with E-state index in [9.17, 15) is 0 Å². The second kappa shape index (κ2) is 5.43. The van der Waals surface area contributed by atoms with Crippen molar-refractivity contribution >= 4 is 22.9 Å².